The third kappa shape index (κ3) is 4.75. The predicted octanol–water partition coefficient (Wildman–Crippen LogP) is 1.51. The lowest BCUT2D eigenvalue weighted by atomic mass is 10.0. The maximum absolute atomic E-state index is 12.5. The molecule has 0 spiro atoms. The number of aryl methyl sites for hydroxylation is 1. The first-order chi connectivity index (χ1) is 10.9. The van der Waals surface area contributed by atoms with Crippen LogP contribution in [0.15, 0.2) is 5.38 Å². The van der Waals surface area contributed by atoms with Crippen molar-refractivity contribution < 1.29 is 9.59 Å². The Morgan fingerprint density at radius 3 is 2.61 bits per heavy atom. The Balaban J connectivity index is 1.82. The molecule has 7 heteroatoms. The van der Waals surface area contributed by atoms with Crippen molar-refractivity contribution in [2.45, 2.75) is 45.7 Å². The summed E-state index contributed by atoms with van der Waals surface area (Å²) in [5, 5.41) is 4.74. The van der Waals surface area contributed by atoms with Crippen molar-refractivity contribution in [3.05, 3.63) is 16.6 Å². The summed E-state index contributed by atoms with van der Waals surface area (Å²) in [7, 11) is 1.98. The molecule has 1 fully saturated rings. The molecular formula is C16H26N4O2S. The number of nitrogens with zero attached hydrogens (tertiary/aromatic N) is 3. The molecule has 2 rings (SSSR count). The van der Waals surface area contributed by atoms with Gasteiger partial charge in [0.15, 0.2) is 0 Å². The fourth-order valence-electron chi connectivity index (χ4n) is 2.90. The predicted molar refractivity (Wildman–Crippen MR) is 91.7 cm³/mol. The molecule has 2 amide bonds. The summed E-state index contributed by atoms with van der Waals surface area (Å²) < 4.78 is 4.17. The average Bonchev–Trinajstić information content (AvgIpc) is 2.91. The summed E-state index contributed by atoms with van der Waals surface area (Å²) in [6.07, 6.45) is 1.79. The van der Waals surface area contributed by atoms with Gasteiger partial charge in [-0.05, 0) is 52.2 Å². The van der Waals surface area contributed by atoms with Gasteiger partial charge in [-0.25, -0.2) is 0 Å². The molecule has 23 heavy (non-hydrogen) atoms. The van der Waals surface area contributed by atoms with Crippen LogP contribution in [0.5, 0.6) is 0 Å². The fraction of sp³-hybridized carbons (Fsp3) is 0.688. The van der Waals surface area contributed by atoms with E-state index in [4.69, 9.17) is 0 Å². The molecule has 0 radical (unpaired) electrons. The van der Waals surface area contributed by atoms with Crippen LogP contribution < -0.4 is 5.32 Å². The Morgan fingerprint density at radius 1 is 1.43 bits per heavy atom. The summed E-state index contributed by atoms with van der Waals surface area (Å²) >= 11 is 1.33. The molecule has 128 valence electrons. The standard InChI is InChI=1S/C16H26N4O2S/c1-11(2)17-15(21)9-19(4)13-5-7-20(8-6-13)16(22)14-10-23-18-12(14)3/h10-11,13H,5-9H2,1-4H3,(H,17,21). The van der Waals surface area contributed by atoms with Gasteiger partial charge in [0.1, 0.15) is 0 Å². The Morgan fingerprint density at radius 2 is 2.09 bits per heavy atom. The maximum Gasteiger partial charge on any atom is 0.256 e. The summed E-state index contributed by atoms with van der Waals surface area (Å²) in [5.74, 6) is 0.135. The normalized spacial score (nSPS) is 16.2. The van der Waals surface area contributed by atoms with E-state index < -0.39 is 0 Å². The second-order valence-electron chi connectivity index (χ2n) is 6.47. The topological polar surface area (TPSA) is 65.5 Å². The number of carbonyl (C=O) groups is 2. The lowest BCUT2D eigenvalue weighted by Gasteiger charge is -2.36. The van der Waals surface area contributed by atoms with Crippen LogP contribution in [-0.2, 0) is 4.79 Å². The molecule has 0 unspecified atom stereocenters. The van der Waals surface area contributed by atoms with Crippen molar-refractivity contribution in [1.82, 2.24) is 19.5 Å². The van der Waals surface area contributed by atoms with Gasteiger partial charge in [-0.2, -0.15) is 4.37 Å². The Hall–Kier alpha value is -1.47. The smallest absolute Gasteiger partial charge is 0.256 e. The third-order valence-electron chi connectivity index (χ3n) is 4.20. The number of piperidine rings is 1. The van der Waals surface area contributed by atoms with Crippen LogP contribution >= 0.6 is 11.5 Å². The zero-order chi connectivity index (χ0) is 17.0. The van der Waals surface area contributed by atoms with E-state index >= 15 is 0 Å². The highest BCUT2D eigenvalue weighted by molar-refractivity contribution is 7.03. The SMILES string of the molecule is Cc1nscc1C(=O)N1CCC(N(C)CC(=O)NC(C)C)CC1. The van der Waals surface area contributed by atoms with Crippen LogP contribution in [-0.4, -0.2) is 64.8 Å². The number of hydrogen-bond donors (Lipinski definition) is 1. The van der Waals surface area contributed by atoms with Crippen molar-refractivity contribution in [3.8, 4) is 0 Å². The number of hydrogen-bond acceptors (Lipinski definition) is 5. The van der Waals surface area contributed by atoms with E-state index in [1.54, 1.807) is 0 Å². The summed E-state index contributed by atoms with van der Waals surface area (Å²) in [5.41, 5.74) is 1.53. The van der Waals surface area contributed by atoms with E-state index in [0.717, 1.165) is 37.2 Å². The molecule has 1 aliphatic heterocycles. The Labute approximate surface area is 142 Å². The van der Waals surface area contributed by atoms with Crippen molar-refractivity contribution >= 4 is 23.3 Å². The minimum Gasteiger partial charge on any atom is -0.353 e. The molecule has 0 aromatic carbocycles. The number of rotatable bonds is 5. The molecular weight excluding hydrogens is 312 g/mol. The van der Waals surface area contributed by atoms with Crippen LogP contribution in [0, 0.1) is 6.92 Å². The summed E-state index contributed by atoms with van der Waals surface area (Å²) in [4.78, 5) is 28.3. The van der Waals surface area contributed by atoms with Gasteiger partial charge in [0.25, 0.3) is 5.91 Å². The number of carbonyl (C=O) groups excluding carboxylic acids is 2. The van der Waals surface area contributed by atoms with Gasteiger partial charge in [-0.1, -0.05) is 0 Å². The molecule has 1 aromatic heterocycles. The fourth-order valence-corrected chi connectivity index (χ4v) is 3.59. The Kier molecular flexibility index (Phi) is 6.12. The molecule has 0 saturated carbocycles. The van der Waals surface area contributed by atoms with E-state index in [1.807, 2.05) is 38.1 Å². The van der Waals surface area contributed by atoms with Gasteiger partial charge in [-0.3, -0.25) is 14.5 Å². The monoisotopic (exact) mass is 338 g/mol. The third-order valence-corrected chi connectivity index (χ3v) is 4.92. The van der Waals surface area contributed by atoms with E-state index in [1.165, 1.54) is 11.5 Å². The minimum atomic E-state index is 0.0565. The maximum atomic E-state index is 12.5. The van der Waals surface area contributed by atoms with E-state index in [-0.39, 0.29) is 17.9 Å². The first-order valence-corrected chi connectivity index (χ1v) is 8.92. The van der Waals surface area contributed by atoms with Crippen molar-refractivity contribution in [2.75, 3.05) is 26.7 Å². The van der Waals surface area contributed by atoms with E-state index in [0.29, 0.717) is 12.6 Å². The van der Waals surface area contributed by atoms with Gasteiger partial charge >= 0.3 is 0 Å². The Bertz CT molecular complexity index is 550. The van der Waals surface area contributed by atoms with Gasteiger partial charge in [0.05, 0.1) is 17.8 Å². The number of aromatic nitrogens is 1. The average molecular weight is 338 g/mol. The number of nitrogens with one attached hydrogen (secondary N) is 1. The number of amides is 2. The molecule has 2 heterocycles. The summed E-state index contributed by atoms with van der Waals surface area (Å²) in [6, 6.07) is 0.511. The second kappa shape index (κ2) is 7.88. The molecule has 1 aromatic rings. The molecule has 0 bridgehead atoms. The summed E-state index contributed by atoms with van der Waals surface area (Å²) in [6.45, 7) is 7.67. The number of likely N-dealkylation sites (tertiary alicyclic amines) is 1. The highest BCUT2D eigenvalue weighted by atomic mass is 32.1. The number of likely N-dealkylation sites (N-methyl/N-ethyl adjacent to an activating group) is 1. The second-order valence-corrected chi connectivity index (χ2v) is 7.10. The van der Waals surface area contributed by atoms with Crippen molar-refractivity contribution in [1.29, 1.82) is 0 Å². The molecule has 1 N–H and O–H groups in total. The van der Waals surface area contributed by atoms with E-state index in [2.05, 4.69) is 14.6 Å². The molecule has 0 aliphatic carbocycles. The van der Waals surface area contributed by atoms with Crippen LogP contribution in [0.4, 0.5) is 0 Å². The van der Waals surface area contributed by atoms with Gasteiger partial charge < -0.3 is 10.2 Å². The molecule has 1 aliphatic rings. The molecule has 1 saturated heterocycles. The van der Waals surface area contributed by atoms with Gasteiger partial charge in [0, 0.05) is 30.6 Å². The highest BCUT2D eigenvalue weighted by Gasteiger charge is 2.27. The van der Waals surface area contributed by atoms with Gasteiger partial charge in [0.2, 0.25) is 5.91 Å². The van der Waals surface area contributed by atoms with Crippen LogP contribution in [0.2, 0.25) is 0 Å². The van der Waals surface area contributed by atoms with E-state index in [9.17, 15) is 9.59 Å². The van der Waals surface area contributed by atoms with Crippen molar-refractivity contribution in [2.24, 2.45) is 0 Å². The van der Waals surface area contributed by atoms with Gasteiger partial charge in [-0.15, -0.1) is 0 Å². The van der Waals surface area contributed by atoms with Crippen LogP contribution in [0.25, 0.3) is 0 Å². The lowest BCUT2D eigenvalue weighted by Crippen LogP contribution is -2.48. The molecule has 6 nitrogen and oxygen atoms in total. The van der Waals surface area contributed by atoms with Crippen LogP contribution in [0.3, 0.4) is 0 Å². The van der Waals surface area contributed by atoms with Crippen LogP contribution in [0.1, 0.15) is 42.7 Å². The first-order valence-electron chi connectivity index (χ1n) is 8.08. The highest BCUT2D eigenvalue weighted by Crippen LogP contribution is 2.19. The first kappa shape index (κ1) is 17.9. The quantitative estimate of drug-likeness (QED) is 0.884. The molecule has 0 atom stereocenters. The largest absolute Gasteiger partial charge is 0.353 e. The lowest BCUT2D eigenvalue weighted by molar-refractivity contribution is -0.123. The zero-order valence-electron chi connectivity index (χ0n) is 14.3. The zero-order valence-corrected chi connectivity index (χ0v) is 15.2. The minimum absolute atomic E-state index is 0.0565. The van der Waals surface area contributed by atoms with Crippen molar-refractivity contribution in [3.63, 3.8) is 0 Å².